The standard InChI is InChI=1S/C27H35NO5/c1-5-31-24(29)27(16-11-17-28(20-27)25(30)33-26(2,3)4)18-22-14-9-10-15-23(22)32-19-21-12-7-6-8-13-21/h6-10,12-15H,5,11,16-20H2,1-4H3. The average molecular weight is 454 g/mol. The van der Waals surface area contributed by atoms with Crippen LogP contribution in [0.1, 0.15) is 51.7 Å². The summed E-state index contributed by atoms with van der Waals surface area (Å²) >= 11 is 0. The molecular weight excluding hydrogens is 418 g/mol. The Kier molecular flexibility index (Phi) is 8.01. The lowest BCUT2D eigenvalue weighted by Gasteiger charge is -2.41. The van der Waals surface area contributed by atoms with Gasteiger partial charge in [0.1, 0.15) is 18.0 Å². The Morgan fingerprint density at radius 1 is 1.03 bits per heavy atom. The second-order valence-corrected chi connectivity index (χ2v) is 9.57. The average Bonchev–Trinajstić information content (AvgIpc) is 2.78. The first-order chi connectivity index (χ1) is 15.7. The maximum atomic E-state index is 13.2. The molecule has 6 heteroatoms. The van der Waals surface area contributed by atoms with Gasteiger partial charge >= 0.3 is 12.1 Å². The van der Waals surface area contributed by atoms with Crippen molar-refractivity contribution in [3.8, 4) is 5.75 Å². The Labute approximate surface area is 196 Å². The molecule has 1 saturated heterocycles. The van der Waals surface area contributed by atoms with E-state index in [1.165, 1.54) is 0 Å². The van der Waals surface area contributed by atoms with E-state index in [0.29, 0.717) is 39.0 Å². The first kappa shape index (κ1) is 24.6. The van der Waals surface area contributed by atoms with Crippen LogP contribution in [0.2, 0.25) is 0 Å². The minimum Gasteiger partial charge on any atom is -0.489 e. The molecule has 0 radical (unpaired) electrons. The summed E-state index contributed by atoms with van der Waals surface area (Å²) in [4.78, 5) is 27.7. The Balaban J connectivity index is 1.83. The quantitative estimate of drug-likeness (QED) is 0.526. The molecular formula is C27H35NO5. The van der Waals surface area contributed by atoms with Crippen LogP contribution in [0.25, 0.3) is 0 Å². The molecule has 1 unspecified atom stereocenters. The van der Waals surface area contributed by atoms with E-state index >= 15 is 0 Å². The fourth-order valence-electron chi connectivity index (χ4n) is 4.17. The summed E-state index contributed by atoms with van der Waals surface area (Å²) in [5, 5.41) is 0. The van der Waals surface area contributed by atoms with Gasteiger partial charge in [-0.05, 0) is 64.2 Å². The predicted octanol–water partition coefficient (Wildman–Crippen LogP) is 5.39. The van der Waals surface area contributed by atoms with Crippen molar-refractivity contribution in [1.29, 1.82) is 0 Å². The van der Waals surface area contributed by atoms with Crippen molar-refractivity contribution in [3.63, 3.8) is 0 Å². The van der Waals surface area contributed by atoms with Crippen LogP contribution in [-0.4, -0.2) is 42.3 Å². The maximum Gasteiger partial charge on any atom is 0.410 e. The molecule has 0 aliphatic carbocycles. The Hall–Kier alpha value is -3.02. The normalized spacial score (nSPS) is 18.5. The molecule has 1 amide bonds. The molecule has 1 aliphatic heterocycles. The van der Waals surface area contributed by atoms with Gasteiger partial charge in [0.05, 0.1) is 12.0 Å². The lowest BCUT2D eigenvalue weighted by Crippen LogP contribution is -2.52. The third kappa shape index (κ3) is 6.73. The smallest absolute Gasteiger partial charge is 0.410 e. The van der Waals surface area contributed by atoms with Crippen LogP contribution in [0.5, 0.6) is 5.75 Å². The van der Waals surface area contributed by atoms with Gasteiger partial charge in [-0.25, -0.2) is 4.79 Å². The zero-order valence-corrected chi connectivity index (χ0v) is 20.1. The summed E-state index contributed by atoms with van der Waals surface area (Å²) in [6, 6.07) is 17.7. The number of likely N-dealkylation sites (tertiary alicyclic amines) is 1. The van der Waals surface area contributed by atoms with Crippen molar-refractivity contribution < 1.29 is 23.8 Å². The second kappa shape index (κ2) is 10.7. The monoisotopic (exact) mass is 453 g/mol. The van der Waals surface area contributed by atoms with Gasteiger partial charge in [-0.1, -0.05) is 48.5 Å². The molecule has 2 aromatic rings. The van der Waals surface area contributed by atoms with Gasteiger partial charge in [-0.15, -0.1) is 0 Å². The van der Waals surface area contributed by atoms with Crippen molar-refractivity contribution in [2.24, 2.45) is 5.41 Å². The number of amides is 1. The number of carbonyl (C=O) groups excluding carboxylic acids is 2. The molecule has 1 aliphatic rings. The molecule has 1 fully saturated rings. The minimum absolute atomic E-state index is 0.258. The van der Waals surface area contributed by atoms with Gasteiger partial charge in [0.25, 0.3) is 0 Å². The highest BCUT2D eigenvalue weighted by molar-refractivity contribution is 5.79. The van der Waals surface area contributed by atoms with Crippen LogP contribution >= 0.6 is 0 Å². The van der Waals surface area contributed by atoms with E-state index in [0.717, 1.165) is 16.9 Å². The molecule has 6 nitrogen and oxygen atoms in total. The second-order valence-electron chi connectivity index (χ2n) is 9.57. The highest BCUT2D eigenvalue weighted by Gasteiger charge is 2.46. The van der Waals surface area contributed by atoms with E-state index < -0.39 is 17.1 Å². The van der Waals surface area contributed by atoms with Gasteiger partial charge in [-0.2, -0.15) is 0 Å². The van der Waals surface area contributed by atoms with Gasteiger partial charge < -0.3 is 19.1 Å². The van der Waals surface area contributed by atoms with E-state index in [4.69, 9.17) is 14.2 Å². The number of nitrogens with zero attached hydrogens (tertiary/aromatic N) is 1. The number of ether oxygens (including phenoxy) is 3. The van der Waals surface area contributed by atoms with E-state index in [2.05, 4.69) is 0 Å². The van der Waals surface area contributed by atoms with E-state index in [-0.39, 0.29) is 12.5 Å². The summed E-state index contributed by atoms with van der Waals surface area (Å²) in [6.07, 6.45) is 1.36. The molecule has 0 aromatic heterocycles. The number of benzene rings is 2. The van der Waals surface area contributed by atoms with Crippen LogP contribution in [0.15, 0.2) is 54.6 Å². The van der Waals surface area contributed by atoms with E-state index in [9.17, 15) is 9.59 Å². The number of hydrogen-bond acceptors (Lipinski definition) is 5. The molecule has 0 saturated carbocycles. The molecule has 0 N–H and O–H groups in total. The number of carbonyl (C=O) groups is 2. The van der Waals surface area contributed by atoms with Crippen molar-refractivity contribution in [1.82, 2.24) is 4.90 Å². The minimum atomic E-state index is -0.850. The van der Waals surface area contributed by atoms with E-state index in [1.807, 2.05) is 75.4 Å². The van der Waals surface area contributed by atoms with Crippen LogP contribution in [0, 0.1) is 5.41 Å². The third-order valence-electron chi connectivity index (χ3n) is 5.68. The molecule has 2 aromatic carbocycles. The zero-order valence-electron chi connectivity index (χ0n) is 20.1. The predicted molar refractivity (Wildman–Crippen MR) is 127 cm³/mol. The number of rotatable bonds is 7. The van der Waals surface area contributed by atoms with Crippen molar-refractivity contribution in [3.05, 3.63) is 65.7 Å². The van der Waals surface area contributed by atoms with Crippen molar-refractivity contribution in [2.45, 2.75) is 59.2 Å². The SMILES string of the molecule is CCOC(=O)C1(Cc2ccccc2OCc2ccccc2)CCCN(C(=O)OC(C)(C)C)C1. The summed E-state index contributed by atoms with van der Waals surface area (Å²) in [5.74, 6) is 0.454. The largest absolute Gasteiger partial charge is 0.489 e. The maximum absolute atomic E-state index is 13.2. The number of hydrogen-bond donors (Lipinski definition) is 0. The topological polar surface area (TPSA) is 65.1 Å². The Bertz CT molecular complexity index is 937. The van der Waals surface area contributed by atoms with Crippen molar-refractivity contribution >= 4 is 12.1 Å². The summed E-state index contributed by atoms with van der Waals surface area (Å²) in [5.41, 5.74) is 0.546. The number of esters is 1. The highest BCUT2D eigenvalue weighted by atomic mass is 16.6. The third-order valence-corrected chi connectivity index (χ3v) is 5.68. The summed E-state index contributed by atoms with van der Waals surface area (Å²) < 4.78 is 17.2. The highest BCUT2D eigenvalue weighted by Crippen LogP contribution is 2.38. The van der Waals surface area contributed by atoms with E-state index in [1.54, 1.807) is 11.8 Å². The summed E-state index contributed by atoms with van der Waals surface area (Å²) in [7, 11) is 0. The van der Waals surface area contributed by atoms with Gasteiger partial charge in [0, 0.05) is 13.1 Å². The Morgan fingerprint density at radius 2 is 1.73 bits per heavy atom. The van der Waals surface area contributed by atoms with Crippen molar-refractivity contribution in [2.75, 3.05) is 19.7 Å². The molecule has 178 valence electrons. The van der Waals surface area contributed by atoms with Crippen LogP contribution in [-0.2, 0) is 27.3 Å². The fraction of sp³-hybridized carbons (Fsp3) is 0.481. The van der Waals surface area contributed by atoms with Crippen LogP contribution in [0.3, 0.4) is 0 Å². The fourth-order valence-corrected chi connectivity index (χ4v) is 4.17. The number of para-hydroxylation sites is 1. The molecule has 3 rings (SSSR count). The van der Waals surface area contributed by atoms with Gasteiger partial charge in [0.2, 0.25) is 0 Å². The molecule has 0 spiro atoms. The zero-order chi connectivity index (χ0) is 23.9. The van der Waals surface area contributed by atoms with Gasteiger partial charge in [0.15, 0.2) is 0 Å². The Morgan fingerprint density at radius 3 is 2.42 bits per heavy atom. The van der Waals surface area contributed by atoms with Crippen LogP contribution < -0.4 is 4.74 Å². The molecule has 1 atom stereocenters. The van der Waals surface area contributed by atoms with Crippen LogP contribution in [0.4, 0.5) is 4.79 Å². The molecule has 0 bridgehead atoms. The number of piperidine rings is 1. The lowest BCUT2D eigenvalue weighted by atomic mass is 9.75. The van der Waals surface area contributed by atoms with Gasteiger partial charge in [-0.3, -0.25) is 4.79 Å². The summed E-state index contributed by atoms with van der Waals surface area (Å²) in [6.45, 7) is 8.87. The first-order valence-corrected chi connectivity index (χ1v) is 11.6. The lowest BCUT2D eigenvalue weighted by molar-refractivity contribution is -0.158. The molecule has 33 heavy (non-hydrogen) atoms. The molecule has 1 heterocycles. The first-order valence-electron chi connectivity index (χ1n) is 11.6.